The molecule has 0 bridgehead atoms. The Morgan fingerprint density at radius 3 is 2.81 bits per heavy atom. The number of ether oxygens (including phenoxy) is 1. The molecule has 0 aliphatic carbocycles. The molecule has 1 saturated heterocycles. The highest BCUT2D eigenvalue weighted by atomic mass is 16.5. The minimum Gasteiger partial charge on any atom is -0.378 e. The van der Waals surface area contributed by atoms with Gasteiger partial charge in [0.25, 0.3) is 5.56 Å². The number of carbonyl (C=O) groups excluding carboxylic acids is 1. The highest BCUT2D eigenvalue weighted by Crippen LogP contribution is 2.06. The Hall–Kier alpha value is -2.21. The molecule has 1 aliphatic rings. The lowest BCUT2D eigenvalue weighted by molar-refractivity contribution is -0.135. The van der Waals surface area contributed by atoms with E-state index < -0.39 is 0 Å². The first kappa shape index (κ1) is 13.8. The summed E-state index contributed by atoms with van der Waals surface area (Å²) in [6, 6.07) is 7.22. The lowest BCUT2D eigenvalue weighted by Crippen LogP contribution is -2.41. The van der Waals surface area contributed by atoms with Crippen LogP contribution in [-0.4, -0.2) is 46.7 Å². The van der Waals surface area contributed by atoms with Gasteiger partial charge in [-0.25, -0.2) is 4.98 Å². The third-order valence-corrected chi connectivity index (χ3v) is 3.66. The van der Waals surface area contributed by atoms with Gasteiger partial charge in [0.2, 0.25) is 5.91 Å². The molecular formula is C15H17N3O3. The summed E-state index contributed by atoms with van der Waals surface area (Å²) in [4.78, 5) is 30.4. The third kappa shape index (κ3) is 2.95. The number of morpholine rings is 1. The number of amides is 1. The largest absolute Gasteiger partial charge is 0.378 e. The quantitative estimate of drug-likeness (QED) is 0.831. The first-order valence-electron chi connectivity index (χ1n) is 7.05. The van der Waals surface area contributed by atoms with Crippen molar-refractivity contribution in [3.63, 3.8) is 0 Å². The van der Waals surface area contributed by atoms with Crippen molar-refractivity contribution in [3.05, 3.63) is 40.9 Å². The number of hydrogen-bond acceptors (Lipinski definition) is 4. The van der Waals surface area contributed by atoms with E-state index in [1.165, 1.54) is 10.9 Å². The van der Waals surface area contributed by atoms with Crippen molar-refractivity contribution in [2.45, 2.75) is 13.0 Å². The summed E-state index contributed by atoms with van der Waals surface area (Å²) in [5.41, 5.74) is 0.577. The molecule has 0 saturated carbocycles. The number of carbonyl (C=O) groups is 1. The van der Waals surface area contributed by atoms with Gasteiger partial charge in [-0.2, -0.15) is 0 Å². The molecule has 6 heteroatoms. The van der Waals surface area contributed by atoms with Crippen molar-refractivity contribution in [2.75, 3.05) is 26.3 Å². The van der Waals surface area contributed by atoms with E-state index in [0.29, 0.717) is 50.2 Å². The molecule has 0 atom stereocenters. The predicted octanol–water partition coefficient (Wildman–Crippen LogP) is 0.645. The molecule has 110 valence electrons. The fraction of sp³-hybridized carbons (Fsp3) is 0.400. The lowest BCUT2D eigenvalue weighted by atomic mass is 10.2. The van der Waals surface area contributed by atoms with E-state index in [0.717, 1.165) is 0 Å². The van der Waals surface area contributed by atoms with Crippen molar-refractivity contribution in [3.8, 4) is 0 Å². The maximum absolute atomic E-state index is 12.3. The molecule has 1 fully saturated rings. The maximum Gasteiger partial charge on any atom is 0.261 e. The normalized spacial score (nSPS) is 15.3. The zero-order valence-corrected chi connectivity index (χ0v) is 11.7. The smallest absolute Gasteiger partial charge is 0.261 e. The number of hydrogen-bond donors (Lipinski definition) is 0. The molecule has 0 unspecified atom stereocenters. The van der Waals surface area contributed by atoms with Crippen LogP contribution in [0.25, 0.3) is 10.9 Å². The predicted molar refractivity (Wildman–Crippen MR) is 78.0 cm³/mol. The highest BCUT2D eigenvalue weighted by molar-refractivity contribution is 5.77. The molecule has 2 aromatic rings. The molecule has 21 heavy (non-hydrogen) atoms. The molecule has 6 nitrogen and oxygen atoms in total. The number of aryl methyl sites for hydroxylation is 1. The molecule has 0 N–H and O–H groups in total. The second kappa shape index (κ2) is 6.05. The van der Waals surface area contributed by atoms with E-state index in [1.54, 1.807) is 17.0 Å². The zero-order chi connectivity index (χ0) is 14.7. The van der Waals surface area contributed by atoms with Gasteiger partial charge in [0.15, 0.2) is 0 Å². The van der Waals surface area contributed by atoms with Crippen molar-refractivity contribution < 1.29 is 9.53 Å². The van der Waals surface area contributed by atoms with Gasteiger partial charge < -0.3 is 9.64 Å². The summed E-state index contributed by atoms with van der Waals surface area (Å²) in [6.07, 6.45) is 1.82. The van der Waals surface area contributed by atoms with E-state index >= 15 is 0 Å². The van der Waals surface area contributed by atoms with Crippen LogP contribution >= 0.6 is 0 Å². The highest BCUT2D eigenvalue weighted by Gasteiger charge is 2.16. The Labute approximate surface area is 122 Å². The topological polar surface area (TPSA) is 64.4 Å². The fourth-order valence-corrected chi connectivity index (χ4v) is 2.45. The average Bonchev–Trinajstić information content (AvgIpc) is 2.55. The number of aromatic nitrogens is 2. The monoisotopic (exact) mass is 287 g/mol. The Bertz CT molecular complexity index is 705. The van der Waals surface area contributed by atoms with Crippen molar-refractivity contribution in [1.82, 2.24) is 14.5 Å². The zero-order valence-electron chi connectivity index (χ0n) is 11.7. The maximum atomic E-state index is 12.3. The van der Waals surface area contributed by atoms with Crippen molar-refractivity contribution >= 4 is 16.8 Å². The van der Waals surface area contributed by atoms with Gasteiger partial charge in [-0.15, -0.1) is 0 Å². The second-order valence-corrected chi connectivity index (χ2v) is 5.00. The number of nitrogens with zero attached hydrogens (tertiary/aromatic N) is 3. The van der Waals surface area contributed by atoms with E-state index in [1.807, 2.05) is 12.1 Å². The van der Waals surface area contributed by atoms with Crippen LogP contribution in [0.15, 0.2) is 35.4 Å². The van der Waals surface area contributed by atoms with Crippen LogP contribution in [0.4, 0.5) is 0 Å². The van der Waals surface area contributed by atoms with E-state index in [2.05, 4.69) is 4.98 Å². The first-order valence-corrected chi connectivity index (χ1v) is 7.05. The molecule has 1 aromatic heterocycles. The molecule has 2 heterocycles. The van der Waals surface area contributed by atoms with Crippen molar-refractivity contribution in [1.29, 1.82) is 0 Å². The van der Waals surface area contributed by atoms with E-state index in [9.17, 15) is 9.59 Å². The second-order valence-electron chi connectivity index (χ2n) is 5.00. The summed E-state index contributed by atoms with van der Waals surface area (Å²) < 4.78 is 6.72. The third-order valence-electron chi connectivity index (χ3n) is 3.66. The molecule has 0 spiro atoms. The van der Waals surface area contributed by atoms with Gasteiger partial charge in [-0.05, 0) is 12.1 Å². The van der Waals surface area contributed by atoms with Gasteiger partial charge >= 0.3 is 0 Å². The standard InChI is InChI=1S/C15H17N3O3/c19-14(17-7-9-21-10-8-17)5-6-18-11-16-13-4-2-1-3-12(13)15(18)20/h1-4,11H,5-10H2. The Kier molecular flexibility index (Phi) is 3.96. The number of benzene rings is 1. The van der Waals surface area contributed by atoms with Crippen LogP contribution in [0.1, 0.15) is 6.42 Å². The van der Waals surface area contributed by atoms with Gasteiger partial charge in [-0.3, -0.25) is 14.2 Å². The van der Waals surface area contributed by atoms with Crippen LogP contribution < -0.4 is 5.56 Å². The first-order chi connectivity index (χ1) is 10.3. The van der Waals surface area contributed by atoms with Crippen LogP contribution in [0.3, 0.4) is 0 Å². The SMILES string of the molecule is O=C(CCn1cnc2ccccc2c1=O)N1CCOCC1. The van der Waals surface area contributed by atoms with E-state index in [-0.39, 0.29) is 11.5 Å². The summed E-state index contributed by atoms with van der Waals surface area (Å²) in [5.74, 6) is 0.0540. The number of fused-ring (bicyclic) bond motifs is 1. The molecule has 1 aromatic carbocycles. The molecule has 1 aliphatic heterocycles. The Balaban J connectivity index is 1.72. The summed E-state index contributed by atoms with van der Waals surface area (Å²) in [5, 5.41) is 0.582. The summed E-state index contributed by atoms with van der Waals surface area (Å²) in [6.45, 7) is 2.78. The minimum absolute atomic E-state index is 0.0540. The molecule has 0 radical (unpaired) electrons. The van der Waals surface area contributed by atoms with E-state index in [4.69, 9.17) is 4.74 Å². The summed E-state index contributed by atoms with van der Waals surface area (Å²) in [7, 11) is 0. The van der Waals surface area contributed by atoms with Gasteiger partial charge in [0, 0.05) is 26.1 Å². The number of rotatable bonds is 3. The minimum atomic E-state index is -0.102. The van der Waals surface area contributed by atoms with Crippen LogP contribution in [-0.2, 0) is 16.1 Å². The lowest BCUT2D eigenvalue weighted by Gasteiger charge is -2.26. The Morgan fingerprint density at radius 1 is 1.24 bits per heavy atom. The van der Waals surface area contributed by atoms with Crippen LogP contribution in [0.5, 0.6) is 0 Å². The summed E-state index contributed by atoms with van der Waals surface area (Å²) >= 11 is 0. The fourth-order valence-electron chi connectivity index (χ4n) is 2.45. The molecule has 3 rings (SSSR count). The number of para-hydroxylation sites is 1. The van der Waals surface area contributed by atoms with Gasteiger partial charge in [-0.1, -0.05) is 12.1 Å². The Morgan fingerprint density at radius 2 is 2.00 bits per heavy atom. The van der Waals surface area contributed by atoms with Gasteiger partial charge in [0.1, 0.15) is 0 Å². The molecular weight excluding hydrogens is 270 g/mol. The van der Waals surface area contributed by atoms with Crippen LogP contribution in [0.2, 0.25) is 0 Å². The van der Waals surface area contributed by atoms with Crippen LogP contribution in [0, 0.1) is 0 Å². The average molecular weight is 287 g/mol. The van der Waals surface area contributed by atoms with Crippen molar-refractivity contribution in [2.24, 2.45) is 0 Å². The van der Waals surface area contributed by atoms with Gasteiger partial charge in [0.05, 0.1) is 30.4 Å². The molecule has 1 amide bonds.